The van der Waals surface area contributed by atoms with Crippen LogP contribution in [0, 0.1) is 0 Å². The molecule has 0 saturated heterocycles. The third-order valence-corrected chi connectivity index (χ3v) is 3.69. The smallest absolute Gasteiger partial charge is 0.255 e. The second-order valence-electron chi connectivity index (χ2n) is 5.23. The third kappa shape index (κ3) is 3.98. The highest BCUT2D eigenvalue weighted by atomic mass is 16.5. The summed E-state index contributed by atoms with van der Waals surface area (Å²) in [5.41, 5.74) is 1.39. The molecule has 0 fully saturated rings. The van der Waals surface area contributed by atoms with Crippen LogP contribution < -0.4 is 19.5 Å². The lowest BCUT2D eigenvalue weighted by Gasteiger charge is -2.19. The fourth-order valence-electron chi connectivity index (χ4n) is 2.46. The van der Waals surface area contributed by atoms with Gasteiger partial charge >= 0.3 is 0 Å². The molecule has 1 N–H and O–H groups in total. The Morgan fingerprint density at radius 1 is 1.08 bits per heavy atom. The van der Waals surface area contributed by atoms with E-state index >= 15 is 0 Å². The second-order valence-corrected chi connectivity index (χ2v) is 5.23. The molecule has 0 radical (unpaired) electrons. The van der Waals surface area contributed by atoms with E-state index in [-0.39, 0.29) is 11.9 Å². The van der Waals surface area contributed by atoms with Gasteiger partial charge in [-0.05, 0) is 38.1 Å². The lowest BCUT2D eigenvalue weighted by Crippen LogP contribution is -2.27. The number of para-hydroxylation sites is 1. The largest absolute Gasteiger partial charge is 0.497 e. The number of hydrogen-bond donors (Lipinski definition) is 1. The fraction of sp³-hybridized carbons (Fsp3) is 0.316. The molecule has 128 valence electrons. The van der Waals surface area contributed by atoms with Crippen molar-refractivity contribution in [2.45, 2.75) is 19.9 Å². The number of amides is 1. The average molecular weight is 329 g/mol. The SMILES string of the molecule is CCOc1ccccc1C(=O)NC(C)c1ccc(OC)cc1OC. The molecule has 24 heavy (non-hydrogen) atoms. The summed E-state index contributed by atoms with van der Waals surface area (Å²) in [6.07, 6.45) is 0. The van der Waals surface area contributed by atoms with Crippen molar-refractivity contribution in [2.75, 3.05) is 20.8 Å². The molecular weight excluding hydrogens is 306 g/mol. The van der Waals surface area contributed by atoms with Crippen LogP contribution in [0.25, 0.3) is 0 Å². The number of hydrogen-bond acceptors (Lipinski definition) is 4. The Morgan fingerprint density at radius 3 is 2.50 bits per heavy atom. The first-order valence-corrected chi connectivity index (χ1v) is 7.85. The van der Waals surface area contributed by atoms with Crippen LogP contribution >= 0.6 is 0 Å². The zero-order valence-electron chi connectivity index (χ0n) is 14.5. The number of rotatable bonds is 7. The standard InChI is InChI=1S/C19H23NO4/c1-5-24-17-9-7-6-8-16(17)19(21)20-13(2)15-11-10-14(22-3)12-18(15)23-4/h6-13H,5H2,1-4H3,(H,20,21). The Labute approximate surface area is 142 Å². The Morgan fingerprint density at radius 2 is 1.83 bits per heavy atom. The second kappa shape index (κ2) is 8.24. The minimum absolute atomic E-state index is 0.190. The summed E-state index contributed by atoms with van der Waals surface area (Å²) in [5, 5.41) is 2.98. The van der Waals surface area contributed by atoms with Crippen LogP contribution in [0.3, 0.4) is 0 Å². The molecule has 2 rings (SSSR count). The Balaban J connectivity index is 2.20. The highest BCUT2D eigenvalue weighted by molar-refractivity contribution is 5.97. The summed E-state index contributed by atoms with van der Waals surface area (Å²) >= 11 is 0. The van der Waals surface area contributed by atoms with Crippen molar-refractivity contribution < 1.29 is 19.0 Å². The van der Waals surface area contributed by atoms with Gasteiger partial charge in [-0.3, -0.25) is 4.79 Å². The lowest BCUT2D eigenvalue weighted by molar-refractivity contribution is 0.0935. The summed E-state index contributed by atoms with van der Waals surface area (Å²) in [6, 6.07) is 12.5. The molecule has 0 aromatic heterocycles. The molecule has 1 amide bonds. The molecule has 0 bridgehead atoms. The van der Waals surface area contributed by atoms with E-state index in [0.717, 1.165) is 5.56 Å². The summed E-state index contributed by atoms with van der Waals surface area (Å²) < 4.78 is 16.1. The first-order chi connectivity index (χ1) is 11.6. The maximum absolute atomic E-state index is 12.6. The molecule has 0 aliphatic rings. The van der Waals surface area contributed by atoms with Crippen LogP contribution in [0.1, 0.15) is 35.8 Å². The number of nitrogens with one attached hydrogen (secondary N) is 1. The van der Waals surface area contributed by atoms with Gasteiger partial charge in [0, 0.05) is 11.6 Å². The number of carbonyl (C=O) groups excluding carboxylic acids is 1. The molecular formula is C19H23NO4. The first kappa shape index (κ1) is 17.7. The topological polar surface area (TPSA) is 56.8 Å². The van der Waals surface area contributed by atoms with Gasteiger partial charge in [0.2, 0.25) is 0 Å². The van der Waals surface area contributed by atoms with Crippen molar-refractivity contribution in [1.82, 2.24) is 5.32 Å². The molecule has 2 aromatic carbocycles. The van der Waals surface area contributed by atoms with E-state index in [0.29, 0.717) is 29.4 Å². The molecule has 1 atom stereocenters. The zero-order chi connectivity index (χ0) is 17.5. The summed E-state index contributed by atoms with van der Waals surface area (Å²) in [5.74, 6) is 1.76. The number of benzene rings is 2. The first-order valence-electron chi connectivity index (χ1n) is 7.85. The van der Waals surface area contributed by atoms with Gasteiger partial charge in [-0.15, -0.1) is 0 Å². The molecule has 5 heteroatoms. The number of ether oxygens (including phenoxy) is 3. The molecule has 2 aromatic rings. The van der Waals surface area contributed by atoms with Crippen LogP contribution in [0.15, 0.2) is 42.5 Å². The Kier molecular flexibility index (Phi) is 6.07. The van der Waals surface area contributed by atoms with E-state index in [9.17, 15) is 4.79 Å². The highest BCUT2D eigenvalue weighted by Gasteiger charge is 2.18. The van der Waals surface area contributed by atoms with Crippen molar-refractivity contribution in [1.29, 1.82) is 0 Å². The van der Waals surface area contributed by atoms with E-state index in [1.54, 1.807) is 32.4 Å². The van der Waals surface area contributed by atoms with Crippen LogP contribution in [-0.4, -0.2) is 26.7 Å². The van der Waals surface area contributed by atoms with Crippen LogP contribution in [0.5, 0.6) is 17.2 Å². The van der Waals surface area contributed by atoms with E-state index in [1.165, 1.54) is 0 Å². The molecule has 0 saturated carbocycles. The highest BCUT2D eigenvalue weighted by Crippen LogP contribution is 2.30. The average Bonchev–Trinajstić information content (AvgIpc) is 2.61. The molecule has 1 unspecified atom stereocenters. The third-order valence-electron chi connectivity index (χ3n) is 3.69. The molecule has 0 spiro atoms. The van der Waals surface area contributed by atoms with Crippen LogP contribution in [-0.2, 0) is 0 Å². The normalized spacial score (nSPS) is 11.5. The van der Waals surface area contributed by atoms with Gasteiger partial charge in [0.1, 0.15) is 17.2 Å². The van der Waals surface area contributed by atoms with Gasteiger partial charge < -0.3 is 19.5 Å². The van der Waals surface area contributed by atoms with Crippen molar-refractivity contribution >= 4 is 5.91 Å². The fourth-order valence-corrected chi connectivity index (χ4v) is 2.46. The van der Waals surface area contributed by atoms with E-state index < -0.39 is 0 Å². The zero-order valence-corrected chi connectivity index (χ0v) is 14.5. The summed E-state index contributed by atoms with van der Waals surface area (Å²) in [6.45, 7) is 4.30. The lowest BCUT2D eigenvalue weighted by atomic mass is 10.1. The molecule has 0 aliphatic carbocycles. The van der Waals surface area contributed by atoms with Gasteiger partial charge in [-0.25, -0.2) is 0 Å². The van der Waals surface area contributed by atoms with E-state index in [1.807, 2.05) is 38.1 Å². The number of methoxy groups -OCH3 is 2. The van der Waals surface area contributed by atoms with Crippen LogP contribution in [0.4, 0.5) is 0 Å². The maximum Gasteiger partial charge on any atom is 0.255 e. The molecule has 0 aliphatic heterocycles. The maximum atomic E-state index is 12.6. The quantitative estimate of drug-likeness (QED) is 0.843. The predicted molar refractivity (Wildman–Crippen MR) is 93.0 cm³/mol. The molecule has 5 nitrogen and oxygen atoms in total. The van der Waals surface area contributed by atoms with Gasteiger partial charge in [0.25, 0.3) is 5.91 Å². The van der Waals surface area contributed by atoms with E-state index in [4.69, 9.17) is 14.2 Å². The van der Waals surface area contributed by atoms with Crippen LogP contribution in [0.2, 0.25) is 0 Å². The predicted octanol–water partition coefficient (Wildman–Crippen LogP) is 3.59. The summed E-state index contributed by atoms with van der Waals surface area (Å²) in [7, 11) is 3.20. The van der Waals surface area contributed by atoms with Gasteiger partial charge in [-0.2, -0.15) is 0 Å². The Hall–Kier alpha value is -2.69. The van der Waals surface area contributed by atoms with Crippen molar-refractivity contribution in [3.05, 3.63) is 53.6 Å². The van der Waals surface area contributed by atoms with Crippen molar-refractivity contribution in [2.24, 2.45) is 0 Å². The minimum atomic E-state index is -0.229. The minimum Gasteiger partial charge on any atom is -0.497 e. The van der Waals surface area contributed by atoms with Crippen molar-refractivity contribution in [3.63, 3.8) is 0 Å². The Bertz CT molecular complexity index is 700. The van der Waals surface area contributed by atoms with E-state index in [2.05, 4.69) is 5.32 Å². The van der Waals surface area contributed by atoms with Gasteiger partial charge in [0.15, 0.2) is 0 Å². The van der Waals surface area contributed by atoms with Gasteiger partial charge in [-0.1, -0.05) is 12.1 Å². The monoisotopic (exact) mass is 329 g/mol. The van der Waals surface area contributed by atoms with Gasteiger partial charge in [0.05, 0.1) is 32.4 Å². The number of carbonyl (C=O) groups is 1. The summed E-state index contributed by atoms with van der Waals surface area (Å²) in [4.78, 5) is 12.6. The molecule has 0 heterocycles. The van der Waals surface area contributed by atoms with Crippen molar-refractivity contribution in [3.8, 4) is 17.2 Å².